The van der Waals surface area contributed by atoms with Crippen LogP contribution in [0.5, 0.6) is 5.75 Å². The quantitative estimate of drug-likeness (QED) is 0.888. The fourth-order valence-corrected chi connectivity index (χ4v) is 2.16. The summed E-state index contributed by atoms with van der Waals surface area (Å²) in [5.41, 5.74) is 0. The van der Waals surface area contributed by atoms with E-state index < -0.39 is 17.7 Å². The van der Waals surface area contributed by atoms with Gasteiger partial charge >= 0.3 is 5.97 Å². The summed E-state index contributed by atoms with van der Waals surface area (Å²) in [6.07, 6.45) is 0.593. The van der Waals surface area contributed by atoms with E-state index in [2.05, 4.69) is 0 Å². The van der Waals surface area contributed by atoms with Crippen LogP contribution in [0.1, 0.15) is 12.8 Å². The number of benzene rings is 1. The molecular weight excluding hydrogens is 265 g/mol. The second-order valence-electron chi connectivity index (χ2n) is 4.69. The predicted molar refractivity (Wildman–Crippen MR) is 68.8 cm³/mol. The molecule has 1 fully saturated rings. The molecule has 6 heteroatoms. The summed E-state index contributed by atoms with van der Waals surface area (Å²) < 4.78 is 18.5. The van der Waals surface area contributed by atoms with Gasteiger partial charge in [0.15, 0.2) is 11.6 Å². The third-order valence-electron chi connectivity index (χ3n) is 3.30. The number of rotatable bonds is 5. The van der Waals surface area contributed by atoms with Gasteiger partial charge < -0.3 is 14.7 Å². The largest absolute Gasteiger partial charge is 0.490 e. The minimum Gasteiger partial charge on any atom is -0.490 e. The van der Waals surface area contributed by atoms with Crippen molar-refractivity contribution in [3.63, 3.8) is 0 Å². The van der Waals surface area contributed by atoms with Crippen LogP contribution in [-0.4, -0.2) is 41.6 Å². The Morgan fingerprint density at radius 3 is 2.80 bits per heavy atom. The third kappa shape index (κ3) is 3.46. The van der Waals surface area contributed by atoms with Crippen molar-refractivity contribution in [2.75, 3.05) is 19.7 Å². The van der Waals surface area contributed by atoms with Crippen molar-refractivity contribution in [3.05, 3.63) is 30.1 Å². The summed E-state index contributed by atoms with van der Waals surface area (Å²) in [4.78, 5) is 24.2. The van der Waals surface area contributed by atoms with Crippen LogP contribution >= 0.6 is 0 Å². The lowest BCUT2D eigenvalue weighted by Gasteiger charge is -2.16. The number of hydrogen-bond donors (Lipinski definition) is 1. The summed E-state index contributed by atoms with van der Waals surface area (Å²) in [6.45, 7) is 0.775. The number of carboxylic acids is 1. The normalized spacial score (nSPS) is 18.1. The first-order valence-electron chi connectivity index (χ1n) is 6.46. The molecule has 1 aliphatic rings. The predicted octanol–water partition coefficient (Wildman–Crippen LogP) is 1.53. The van der Waals surface area contributed by atoms with Crippen LogP contribution in [-0.2, 0) is 9.59 Å². The zero-order valence-corrected chi connectivity index (χ0v) is 10.9. The highest BCUT2D eigenvalue weighted by Crippen LogP contribution is 2.18. The van der Waals surface area contributed by atoms with Gasteiger partial charge in [0, 0.05) is 13.1 Å². The number of amides is 1. The SMILES string of the molecule is O=C(O)[C@@H]1CCN(C(=O)CCOc2ccccc2F)C1. The molecule has 0 bridgehead atoms. The Morgan fingerprint density at radius 1 is 1.40 bits per heavy atom. The number of carbonyl (C=O) groups is 2. The van der Waals surface area contributed by atoms with Crippen molar-refractivity contribution in [2.45, 2.75) is 12.8 Å². The van der Waals surface area contributed by atoms with Gasteiger partial charge in [-0.05, 0) is 18.6 Å². The van der Waals surface area contributed by atoms with Crippen LogP contribution in [0.25, 0.3) is 0 Å². The minimum atomic E-state index is -0.872. The summed E-state index contributed by atoms with van der Waals surface area (Å²) in [6, 6.07) is 5.99. The fourth-order valence-electron chi connectivity index (χ4n) is 2.16. The molecule has 0 saturated carbocycles. The summed E-state index contributed by atoms with van der Waals surface area (Å²) >= 11 is 0. The van der Waals surface area contributed by atoms with Gasteiger partial charge in [0.05, 0.1) is 18.9 Å². The van der Waals surface area contributed by atoms with Crippen molar-refractivity contribution >= 4 is 11.9 Å². The van der Waals surface area contributed by atoms with E-state index >= 15 is 0 Å². The topological polar surface area (TPSA) is 66.8 Å². The molecule has 1 heterocycles. The third-order valence-corrected chi connectivity index (χ3v) is 3.30. The summed E-state index contributed by atoms with van der Waals surface area (Å²) in [7, 11) is 0. The van der Waals surface area contributed by atoms with Gasteiger partial charge in [0.2, 0.25) is 5.91 Å². The Kier molecular flexibility index (Phi) is 4.55. The van der Waals surface area contributed by atoms with Crippen molar-refractivity contribution < 1.29 is 23.8 Å². The Hall–Kier alpha value is -2.11. The van der Waals surface area contributed by atoms with Gasteiger partial charge in [0.25, 0.3) is 0 Å². The summed E-state index contributed by atoms with van der Waals surface area (Å²) in [5, 5.41) is 8.86. The molecule has 0 aliphatic carbocycles. The molecule has 20 heavy (non-hydrogen) atoms. The van der Waals surface area contributed by atoms with Crippen LogP contribution in [0, 0.1) is 11.7 Å². The molecule has 1 aromatic carbocycles. The lowest BCUT2D eigenvalue weighted by molar-refractivity contribution is -0.141. The molecule has 0 aromatic heterocycles. The monoisotopic (exact) mass is 281 g/mol. The van der Waals surface area contributed by atoms with Crippen molar-refractivity contribution in [2.24, 2.45) is 5.92 Å². The van der Waals surface area contributed by atoms with Gasteiger partial charge in [-0.2, -0.15) is 0 Å². The molecular formula is C14H16FNO4. The highest BCUT2D eigenvalue weighted by atomic mass is 19.1. The average molecular weight is 281 g/mol. The number of halogens is 1. The lowest BCUT2D eigenvalue weighted by atomic mass is 10.1. The molecule has 1 aliphatic heterocycles. The number of para-hydroxylation sites is 1. The van der Waals surface area contributed by atoms with E-state index in [1.165, 1.54) is 17.0 Å². The Bertz CT molecular complexity index is 506. The number of carbonyl (C=O) groups excluding carboxylic acids is 1. The molecule has 2 rings (SSSR count). The highest BCUT2D eigenvalue weighted by molar-refractivity contribution is 5.78. The van der Waals surface area contributed by atoms with E-state index in [-0.39, 0.29) is 31.2 Å². The van der Waals surface area contributed by atoms with E-state index in [1.54, 1.807) is 12.1 Å². The molecule has 1 amide bonds. The Morgan fingerprint density at radius 2 is 2.15 bits per heavy atom. The average Bonchev–Trinajstić information content (AvgIpc) is 2.91. The first-order chi connectivity index (χ1) is 9.58. The molecule has 0 radical (unpaired) electrons. The first kappa shape index (κ1) is 14.3. The lowest BCUT2D eigenvalue weighted by Crippen LogP contribution is -2.30. The number of likely N-dealkylation sites (tertiary alicyclic amines) is 1. The van der Waals surface area contributed by atoms with Gasteiger partial charge in [-0.25, -0.2) is 4.39 Å². The Labute approximate surface area is 116 Å². The molecule has 1 atom stereocenters. The van der Waals surface area contributed by atoms with Crippen LogP contribution in [0.15, 0.2) is 24.3 Å². The standard InChI is InChI=1S/C14H16FNO4/c15-11-3-1-2-4-12(11)20-8-6-13(17)16-7-5-10(9-16)14(18)19/h1-4,10H,5-9H2,(H,18,19)/t10-/m1/s1. The maximum atomic E-state index is 13.3. The van der Waals surface area contributed by atoms with E-state index in [1.807, 2.05) is 0 Å². The maximum Gasteiger partial charge on any atom is 0.308 e. The Balaban J connectivity index is 1.76. The van der Waals surface area contributed by atoms with Gasteiger partial charge in [-0.15, -0.1) is 0 Å². The number of carboxylic acid groups (broad SMARTS) is 1. The smallest absolute Gasteiger partial charge is 0.308 e. The van der Waals surface area contributed by atoms with Crippen LogP contribution in [0.3, 0.4) is 0 Å². The fraction of sp³-hybridized carbons (Fsp3) is 0.429. The zero-order chi connectivity index (χ0) is 14.5. The molecule has 0 spiro atoms. The number of hydrogen-bond acceptors (Lipinski definition) is 3. The first-order valence-corrected chi connectivity index (χ1v) is 6.46. The second-order valence-corrected chi connectivity index (χ2v) is 4.69. The van der Waals surface area contributed by atoms with Gasteiger partial charge in [-0.3, -0.25) is 9.59 Å². The van der Waals surface area contributed by atoms with Crippen LogP contribution in [0.2, 0.25) is 0 Å². The molecule has 0 unspecified atom stereocenters. The maximum absolute atomic E-state index is 13.3. The second kappa shape index (κ2) is 6.36. The molecule has 5 nitrogen and oxygen atoms in total. The van der Waals surface area contributed by atoms with Gasteiger partial charge in [-0.1, -0.05) is 12.1 Å². The number of nitrogens with zero attached hydrogens (tertiary/aromatic N) is 1. The highest BCUT2D eigenvalue weighted by Gasteiger charge is 2.30. The zero-order valence-electron chi connectivity index (χ0n) is 10.9. The summed E-state index contributed by atoms with van der Waals surface area (Å²) in [5.74, 6) is -1.86. The molecule has 1 N–H and O–H groups in total. The van der Waals surface area contributed by atoms with Crippen LogP contribution < -0.4 is 4.74 Å². The molecule has 1 aromatic rings. The number of ether oxygens (including phenoxy) is 1. The van der Waals surface area contributed by atoms with E-state index in [0.29, 0.717) is 13.0 Å². The van der Waals surface area contributed by atoms with Crippen molar-refractivity contribution in [3.8, 4) is 5.75 Å². The minimum absolute atomic E-state index is 0.0774. The van der Waals surface area contributed by atoms with Crippen molar-refractivity contribution in [1.82, 2.24) is 4.90 Å². The van der Waals surface area contributed by atoms with Crippen LogP contribution in [0.4, 0.5) is 4.39 Å². The molecule has 108 valence electrons. The number of aliphatic carboxylic acids is 1. The van der Waals surface area contributed by atoms with E-state index in [4.69, 9.17) is 9.84 Å². The van der Waals surface area contributed by atoms with E-state index in [9.17, 15) is 14.0 Å². The van der Waals surface area contributed by atoms with Crippen molar-refractivity contribution in [1.29, 1.82) is 0 Å². The van der Waals surface area contributed by atoms with E-state index in [0.717, 1.165) is 0 Å². The van der Waals surface area contributed by atoms with Gasteiger partial charge in [0.1, 0.15) is 0 Å². The molecule has 1 saturated heterocycles.